The van der Waals surface area contributed by atoms with Gasteiger partial charge in [-0.05, 0) is 25.3 Å². The normalized spacial score (nSPS) is 10.6. The number of rotatable bonds is 9. The van der Waals surface area contributed by atoms with Crippen molar-refractivity contribution >= 4 is 17.3 Å². The maximum absolute atomic E-state index is 11.0. The Hall–Kier alpha value is -1.85. The van der Waals surface area contributed by atoms with E-state index < -0.39 is 4.92 Å². The van der Waals surface area contributed by atoms with Crippen molar-refractivity contribution in [1.29, 1.82) is 0 Å². The van der Waals surface area contributed by atoms with Gasteiger partial charge >= 0.3 is 5.69 Å². The maximum atomic E-state index is 11.0. The van der Waals surface area contributed by atoms with Gasteiger partial charge in [-0.2, -0.15) is 0 Å². The number of aromatic nitrogens is 1. The fraction of sp³-hybridized carbons (Fsp3) is 0.643. The van der Waals surface area contributed by atoms with Gasteiger partial charge in [-0.25, -0.2) is 4.98 Å². The van der Waals surface area contributed by atoms with Crippen molar-refractivity contribution in [3.05, 3.63) is 22.2 Å². The molecule has 2 N–H and O–H groups in total. The van der Waals surface area contributed by atoms with Crippen LogP contribution in [0.1, 0.15) is 40.0 Å². The van der Waals surface area contributed by atoms with Crippen molar-refractivity contribution in [3.63, 3.8) is 0 Å². The first-order valence-corrected chi connectivity index (χ1v) is 7.17. The van der Waals surface area contributed by atoms with Crippen LogP contribution in [0.4, 0.5) is 17.3 Å². The maximum Gasteiger partial charge on any atom is 0.311 e. The molecule has 20 heavy (non-hydrogen) atoms. The number of pyridine rings is 1. The molecule has 1 aromatic rings. The number of unbranched alkanes of at least 4 members (excludes halogenated alkanes) is 1. The quantitative estimate of drug-likeness (QED) is 0.410. The van der Waals surface area contributed by atoms with E-state index in [4.69, 9.17) is 0 Å². The van der Waals surface area contributed by atoms with Crippen LogP contribution >= 0.6 is 0 Å². The third kappa shape index (κ3) is 5.42. The number of nitro groups is 1. The van der Waals surface area contributed by atoms with Crippen LogP contribution in [0.25, 0.3) is 0 Å². The average Bonchev–Trinajstić information content (AvgIpc) is 2.38. The van der Waals surface area contributed by atoms with Crippen LogP contribution in [0.5, 0.6) is 0 Å². The summed E-state index contributed by atoms with van der Waals surface area (Å²) in [6.45, 7) is 7.79. The van der Waals surface area contributed by atoms with E-state index in [-0.39, 0.29) is 5.69 Å². The summed E-state index contributed by atoms with van der Waals surface area (Å²) in [5.74, 6) is 1.69. The van der Waals surface area contributed by atoms with E-state index in [0.29, 0.717) is 24.1 Å². The van der Waals surface area contributed by atoms with Gasteiger partial charge in [0.1, 0.15) is 5.82 Å². The lowest BCUT2D eigenvalue weighted by atomic mass is 10.1. The molecule has 112 valence electrons. The second kappa shape index (κ2) is 8.35. The highest BCUT2D eigenvalue weighted by molar-refractivity contribution is 5.60. The predicted molar refractivity (Wildman–Crippen MR) is 82.2 cm³/mol. The minimum absolute atomic E-state index is 0.0236. The molecule has 0 aromatic carbocycles. The lowest BCUT2D eigenvalue weighted by Gasteiger charge is -2.09. The van der Waals surface area contributed by atoms with Gasteiger partial charge in [0.25, 0.3) is 0 Å². The van der Waals surface area contributed by atoms with Gasteiger partial charge in [0.2, 0.25) is 5.82 Å². The second-order valence-electron chi connectivity index (χ2n) is 5.17. The highest BCUT2D eigenvalue weighted by Crippen LogP contribution is 2.24. The molecule has 6 nitrogen and oxygen atoms in total. The molecule has 0 saturated carbocycles. The van der Waals surface area contributed by atoms with Gasteiger partial charge in [-0.3, -0.25) is 10.1 Å². The molecule has 0 atom stereocenters. The summed E-state index contributed by atoms with van der Waals surface area (Å²) in [5.41, 5.74) is 0.0236. The summed E-state index contributed by atoms with van der Waals surface area (Å²) >= 11 is 0. The number of nitrogens with one attached hydrogen (secondary N) is 2. The van der Waals surface area contributed by atoms with Gasteiger partial charge < -0.3 is 10.6 Å². The second-order valence-corrected chi connectivity index (χ2v) is 5.17. The molecule has 0 aliphatic rings. The highest BCUT2D eigenvalue weighted by atomic mass is 16.6. The molecule has 0 fully saturated rings. The van der Waals surface area contributed by atoms with Crippen molar-refractivity contribution in [1.82, 2.24) is 4.98 Å². The van der Waals surface area contributed by atoms with Crippen LogP contribution in [0.3, 0.4) is 0 Å². The molecule has 0 bridgehead atoms. The van der Waals surface area contributed by atoms with Crippen molar-refractivity contribution in [2.45, 2.75) is 40.0 Å². The van der Waals surface area contributed by atoms with Crippen molar-refractivity contribution in [3.8, 4) is 0 Å². The van der Waals surface area contributed by atoms with E-state index in [9.17, 15) is 10.1 Å². The molecule has 1 aromatic heterocycles. The predicted octanol–water partition coefficient (Wildman–Crippen LogP) is 3.66. The summed E-state index contributed by atoms with van der Waals surface area (Å²) in [6.07, 6.45) is 3.28. The number of anilines is 2. The van der Waals surface area contributed by atoms with E-state index in [1.54, 1.807) is 6.07 Å². The fourth-order valence-electron chi connectivity index (χ4n) is 1.89. The van der Waals surface area contributed by atoms with E-state index in [1.807, 2.05) is 6.92 Å². The first-order chi connectivity index (χ1) is 9.54. The Labute approximate surface area is 120 Å². The van der Waals surface area contributed by atoms with E-state index in [1.165, 1.54) is 12.5 Å². The SMILES string of the molecule is CCNc1ccc([N+](=O)[O-])c(NCCCCC(C)C)n1. The Morgan fingerprint density at radius 1 is 1.30 bits per heavy atom. The minimum Gasteiger partial charge on any atom is -0.370 e. The van der Waals surface area contributed by atoms with Crippen LogP contribution in [0, 0.1) is 16.0 Å². The molecule has 0 saturated heterocycles. The monoisotopic (exact) mass is 280 g/mol. The smallest absolute Gasteiger partial charge is 0.311 e. The largest absolute Gasteiger partial charge is 0.370 e. The topological polar surface area (TPSA) is 80.1 Å². The molecule has 1 rings (SSSR count). The Bertz CT molecular complexity index is 435. The number of hydrogen-bond donors (Lipinski definition) is 2. The number of hydrogen-bond acceptors (Lipinski definition) is 5. The fourth-order valence-corrected chi connectivity index (χ4v) is 1.89. The highest BCUT2D eigenvalue weighted by Gasteiger charge is 2.15. The zero-order chi connectivity index (χ0) is 15.0. The van der Waals surface area contributed by atoms with Crippen molar-refractivity contribution in [2.24, 2.45) is 5.92 Å². The molecule has 0 unspecified atom stereocenters. The Morgan fingerprint density at radius 2 is 2.05 bits per heavy atom. The summed E-state index contributed by atoms with van der Waals surface area (Å²) < 4.78 is 0. The van der Waals surface area contributed by atoms with Crippen LogP contribution in [-0.2, 0) is 0 Å². The summed E-state index contributed by atoms with van der Waals surface area (Å²) in [4.78, 5) is 14.8. The van der Waals surface area contributed by atoms with Crippen LogP contribution in [-0.4, -0.2) is 23.0 Å². The molecule has 0 amide bonds. The molecule has 0 aliphatic carbocycles. The third-order valence-electron chi connectivity index (χ3n) is 2.93. The van der Waals surface area contributed by atoms with Crippen molar-refractivity contribution < 1.29 is 4.92 Å². The van der Waals surface area contributed by atoms with Crippen LogP contribution in [0.15, 0.2) is 12.1 Å². The minimum atomic E-state index is -0.404. The summed E-state index contributed by atoms with van der Waals surface area (Å²) in [5, 5.41) is 17.1. The Kier molecular flexibility index (Phi) is 6.76. The lowest BCUT2D eigenvalue weighted by Crippen LogP contribution is -2.08. The molecule has 0 radical (unpaired) electrons. The van der Waals surface area contributed by atoms with E-state index in [2.05, 4.69) is 29.5 Å². The standard InChI is InChI=1S/C14H24N4O2/c1-4-15-13-9-8-12(18(19)20)14(17-13)16-10-6-5-7-11(2)3/h8-9,11H,4-7,10H2,1-3H3,(H2,15,16,17). The first kappa shape index (κ1) is 16.2. The van der Waals surface area contributed by atoms with Gasteiger partial charge in [0.05, 0.1) is 4.92 Å². The van der Waals surface area contributed by atoms with Gasteiger partial charge in [-0.1, -0.05) is 26.7 Å². The zero-order valence-corrected chi connectivity index (χ0v) is 12.5. The average molecular weight is 280 g/mol. The zero-order valence-electron chi connectivity index (χ0n) is 12.5. The third-order valence-corrected chi connectivity index (χ3v) is 2.93. The molecule has 1 heterocycles. The van der Waals surface area contributed by atoms with Crippen LogP contribution < -0.4 is 10.6 Å². The number of nitrogens with zero attached hydrogens (tertiary/aromatic N) is 2. The summed E-state index contributed by atoms with van der Waals surface area (Å²) in [6, 6.07) is 3.12. The summed E-state index contributed by atoms with van der Waals surface area (Å²) in [7, 11) is 0. The first-order valence-electron chi connectivity index (χ1n) is 7.17. The lowest BCUT2D eigenvalue weighted by molar-refractivity contribution is -0.384. The molecular formula is C14H24N4O2. The van der Waals surface area contributed by atoms with Crippen LogP contribution in [0.2, 0.25) is 0 Å². The van der Waals surface area contributed by atoms with Crippen molar-refractivity contribution in [2.75, 3.05) is 23.7 Å². The van der Waals surface area contributed by atoms with Gasteiger partial charge in [0.15, 0.2) is 0 Å². The molecule has 0 aliphatic heterocycles. The Morgan fingerprint density at radius 3 is 2.65 bits per heavy atom. The molecule has 6 heteroatoms. The van der Waals surface area contributed by atoms with E-state index in [0.717, 1.165) is 19.4 Å². The molecule has 0 spiro atoms. The molecular weight excluding hydrogens is 256 g/mol. The Balaban J connectivity index is 2.60. The van der Waals surface area contributed by atoms with Gasteiger partial charge in [-0.15, -0.1) is 0 Å². The van der Waals surface area contributed by atoms with Gasteiger partial charge in [0, 0.05) is 19.2 Å². The van der Waals surface area contributed by atoms with E-state index >= 15 is 0 Å².